The molecule has 13 N–H and O–H groups in total. The summed E-state index contributed by atoms with van der Waals surface area (Å²) in [6, 6.07) is -6.42. The standard InChI is InChI=1S/C27H45N9O11S/c1-48-11-8-16(26(46)47)34-23(43)15(4-2-9-31-27(29)30)33-19(37)13-32-22(42)17(12-21(40)41)35-24(44)18-5-3-10-36(18)25(45)14(28)6-7-20(38)39/h14-18H,2-13,28H2,1H3,(H,32,42)(H,33,37)(H,34,43)(H,35,44)(H,38,39)(H,40,41)(H,46,47)(H4,29,30,31)/t14-,15-,16-,17-,18-/m0/s1. The van der Waals surface area contributed by atoms with E-state index >= 15 is 0 Å². The number of carboxylic acid groups (broad SMARTS) is 3. The lowest BCUT2D eigenvalue weighted by molar-refractivity contribution is -0.143. The van der Waals surface area contributed by atoms with Crippen LogP contribution < -0.4 is 38.5 Å². The summed E-state index contributed by atoms with van der Waals surface area (Å²) in [5.74, 6) is -7.88. The fraction of sp³-hybridized carbons (Fsp3) is 0.667. The first-order valence-electron chi connectivity index (χ1n) is 15.0. The molecule has 0 spiro atoms. The Balaban J connectivity index is 2.92. The number of rotatable bonds is 22. The number of thioether (sulfide) groups is 1. The summed E-state index contributed by atoms with van der Waals surface area (Å²) < 4.78 is 0. The van der Waals surface area contributed by atoms with E-state index < -0.39 is 90.6 Å². The van der Waals surface area contributed by atoms with Crippen LogP contribution >= 0.6 is 11.8 Å². The van der Waals surface area contributed by atoms with Crippen LogP contribution in [0.2, 0.25) is 0 Å². The molecule has 0 saturated carbocycles. The predicted octanol–water partition coefficient (Wildman–Crippen LogP) is -3.89. The number of carboxylic acids is 3. The predicted molar refractivity (Wildman–Crippen MR) is 171 cm³/mol. The molecule has 5 amide bonds. The second kappa shape index (κ2) is 21.3. The fourth-order valence-electron chi connectivity index (χ4n) is 4.64. The lowest BCUT2D eigenvalue weighted by Gasteiger charge is -2.28. The van der Waals surface area contributed by atoms with Gasteiger partial charge in [0.25, 0.3) is 0 Å². The Bertz CT molecular complexity index is 1220. The van der Waals surface area contributed by atoms with Crippen LogP contribution in [0.5, 0.6) is 0 Å². The van der Waals surface area contributed by atoms with Gasteiger partial charge < -0.3 is 58.7 Å². The Kier molecular flexibility index (Phi) is 18.3. The maximum atomic E-state index is 13.1. The van der Waals surface area contributed by atoms with Crippen LogP contribution in [0.4, 0.5) is 0 Å². The molecule has 1 aliphatic heterocycles. The molecule has 1 rings (SSSR count). The molecule has 1 fully saturated rings. The van der Waals surface area contributed by atoms with Gasteiger partial charge in [0, 0.05) is 19.5 Å². The van der Waals surface area contributed by atoms with Crippen molar-refractivity contribution >= 4 is 65.2 Å². The highest BCUT2D eigenvalue weighted by atomic mass is 32.2. The number of amides is 5. The van der Waals surface area contributed by atoms with Gasteiger partial charge in [0.1, 0.15) is 24.2 Å². The summed E-state index contributed by atoms with van der Waals surface area (Å²) in [4.78, 5) is 103. The monoisotopic (exact) mass is 703 g/mol. The zero-order chi connectivity index (χ0) is 36.4. The number of nitrogens with two attached hydrogens (primary N) is 3. The third-order valence-electron chi connectivity index (χ3n) is 7.08. The van der Waals surface area contributed by atoms with Gasteiger partial charge in [-0.15, -0.1) is 0 Å². The summed E-state index contributed by atoms with van der Waals surface area (Å²) in [6.07, 6.45) is 1.26. The third-order valence-corrected chi connectivity index (χ3v) is 7.73. The topological polar surface area (TPSA) is 339 Å². The number of likely N-dealkylation sites (tertiary alicyclic amines) is 1. The number of guanidine groups is 1. The molecule has 48 heavy (non-hydrogen) atoms. The molecule has 0 aromatic carbocycles. The molecule has 270 valence electrons. The maximum absolute atomic E-state index is 13.1. The van der Waals surface area contributed by atoms with Crippen LogP contribution in [0.15, 0.2) is 4.99 Å². The number of carbonyl (C=O) groups excluding carboxylic acids is 5. The molecule has 20 nitrogen and oxygen atoms in total. The average molecular weight is 704 g/mol. The summed E-state index contributed by atoms with van der Waals surface area (Å²) in [5, 5.41) is 36.9. The van der Waals surface area contributed by atoms with E-state index in [1.165, 1.54) is 11.8 Å². The Hall–Kier alpha value is -4.66. The molecule has 0 aliphatic carbocycles. The smallest absolute Gasteiger partial charge is 0.326 e. The number of hydrogen-bond acceptors (Lipinski definition) is 11. The van der Waals surface area contributed by atoms with E-state index in [0.29, 0.717) is 12.2 Å². The number of aliphatic carboxylic acids is 3. The highest BCUT2D eigenvalue weighted by Crippen LogP contribution is 2.19. The van der Waals surface area contributed by atoms with Gasteiger partial charge in [-0.3, -0.25) is 38.6 Å². The Morgan fingerprint density at radius 3 is 2.17 bits per heavy atom. The molecule has 0 radical (unpaired) electrons. The van der Waals surface area contributed by atoms with Crippen LogP contribution in [0.1, 0.15) is 51.4 Å². The minimum absolute atomic E-state index is 0.00850. The lowest BCUT2D eigenvalue weighted by atomic mass is 10.1. The summed E-state index contributed by atoms with van der Waals surface area (Å²) >= 11 is 1.38. The molecule has 0 unspecified atom stereocenters. The van der Waals surface area contributed by atoms with Crippen molar-refractivity contribution in [1.29, 1.82) is 0 Å². The largest absolute Gasteiger partial charge is 0.481 e. The van der Waals surface area contributed by atoms with E-state index in [4.69, 9.17) is 22.3 Å². The first kappa shape index (κ1) is 41.4. The van der Waals surface area contributed by atoms with Gasteiger partial charge in [0.05, 0.1) is 19.0 Å². The molecule has 0 aromatic rings. The number of carbonyl (C=O) groups is 8. The van der Waals surface area contributed by atoms with Crippen molar-refractivity contribution in [1.82, 2.24) is 26.2 Å². The van der Waals surface area contributed by atoms with E-state index in [1.54, 1.807) is 6.26 Å². The number of nitrogens with zero attached hydrogens (tertiary/aromatic N) is 2. The van der Waals surface area contributed by atoms with E-state index in [0.717, 1.165) is 4.90 Å². The normalized spacial score (nSPS) is 16.4. The van der Waals surface area contributed by atoms with Crippen molar-refractivity contribution in [3.63, 3.8) is 0 Å². The van der Waals surface area contributed by atoms with E-state index in [2.05, 4.69) is 26.3 Å². The van der Waals surface area contributed by atoms with Crippen molar-refractivity contribution in [2.45, 2.75) is 81.6 Å². The molecule has 1 saturated heterocycles. The van der Waals surface area contributed by atoms with Crippen LogP contribution in [0.3, 0.4) is 0 Å². The molecular formula is C27H45N9O11S. The quantitative estimate of drug-likeness (QED) is 0.0293. The Labute approximate surface area is 280 Å². The summed E-state index contributed by atoms with van der Waals surface area (Å²) in [5.41, 5.74) is 16.4. The summed E-state index contributed by atoms with van der Waals surface area (Å²) in [6.45, 7) is -0.509. The molecular weight excluding hydrogens is 658 g/mol. The molecule has 5 atom stereocenters. The maximum Gasteiger partial charge on any atom is 0.326 e. The van der Waals surface area contributed by atoms with Crippen molar-refractivity contribution in [2.24, 2.45) is 22.2 Å². The van der Waals surface area contributed by atoms with Crippen molar-refractivity contribution in [2.75, 3.05) is 31.6 Å². The number of nitrogens with one attached hydrogen (secondary N) is 4. The second-order valence-electron chi connectivity index (χ2n) is 10.9. The zero-order valence-corrected chi connectivity index (χ0v) is 27.3. The first-order chi connectivity index (χ1) is 22.6. The lowest BCUT2D eigenvalue weighted by Crippen LogP contribution is -2.56. The SMILES string of the molecule is CSCC[C@H](NC(=O)[C@H](CCCN=C(N)N)NC(=O)CNC(=O)[C@H](CC(=O)O)NC(=O)[C@@H]1CCCN1C(=O)[C@@H](N)CCC(=O)O)C(=O)O. The van der Waals surface area contributed by atoms with Crippen molar-refractivity contribution in [3.8, 4) is 0 Å². The van der Waals surface area contributed by atoms with Gasteiger partial charge in [0.2, 0.25) is 29.5 Å². The molecule has 0 aromatic heterocycles. The minimum Gasteiger partial charge on any atom is -0.481 e. The van der Waals surface area contributed by atoms with E-state index in [9.17, 15) is 48.6 Å². The van der Waals surface area contributed by atoms with Gasteiger partial charge in [-0.25, -0.2) is 4.79 Å². The van der Waals surface area contributed by atoms with E-state index in [-0.39, 0.29) is 57.6 Å². The van der Waals surface area contributed by atoms with Gasteiger partial charge in [-0.05, 0) is 50.5 Å². The first-order valence-corrected chi connectivity index (χ1v) is 16.4. The molecule has 1 aliphatic rings. The average Bonchev–Trinajstić information content (AvgIpc) is 3.51. The minimum atomic E-state index is -1.66. The van der Waals surface area contributed by atoms with Gasteiger partial charge >= 0.3 is 17.9 Å². The molecule has 1 heterocycles. The van der Waals surface area contributed by atoms with Crippen molar-refractivity contribution in [3.05, 3.63) is 0 Å². The Morgan fingerprint density at radius 1 is 0.896 bits per heavy atom. The van der Waals surface area contributed by atoms with Crippen LogP contribution in [-0.4, -0.2) is 135 Å². The highest BCUT2D eigenvalue weighted by molar-refractivity contribution is 7.98. The van der Waals surface area contributed by atoms with Crippen molar-refractivity contribution < 1.29 is 53.7 Å². The van der Waals surface area contributed by atoms with E-state index in [1.807, 2.05) is 0 Å². The zero-order valence-electron chi connectivity index (χ0n) is 26.5. The third kappa shape index (κ3) is 15.3. The van der Waals surface area contributed by atoms with Gasteiger partial charge in [-0.2, -0.15) is 11.8 Å². The second-order valence-corrected chi connectivity index (χ2v) is 11.8. The molecule has 0 bridgehead atoms. The number of hydrogen-bond donors (Lipinski definition) is 10. The van der Waals surface area contributed by atoms with Gasteiger partial charge in [0.15, 0.2) is 5.96 Å². The summed E-state index contributed by atoms with van der Waals surface area (Å²) in [7, 11) is 0. The highest BCUT2D eigenvalue weighted by Gasteiger charge is 2.38. The number of aliphatic imine (C=N–C) groups is 1. The van der Waals surface area contributed by atoms with Gasteiger partial charge in [-0.1, -0.05) is 0 Å². The molecule has 21 heteroatoms. The van der Waals surface area contributed by atoms with Crippen LogP contribution in [0, 0.1) is 0 Å². The Morgan fingerprint density at radius 2 is 1.58 bits per heavy atom. The van der Waals surface area contributed by atoms with Crippen LogP contribution in [0.25, 0.3) is 0 Å². The van der Waals surface area contributed by atoms with Crippen LogP contribution in [-0.2, 0) is 38.4 Å². The fourth-order valence-corrected chi connectivity index (χ4v) is 5.12.